The summed E-state index contributed by atoms with van der Waals surface area (Å²) in [7, 11) is -1.80. The normalized spacial score (nSPS) is 15.9. The van der Waals surface area contributed by atoms with Gasteiger partial charge in [0.25, 0.3) is 0 Å². The van der Waals surface area contributed by atoms with Crippen LogP contribution in [0.2, 0.25) is 0 Å². The van der Waals surface area contributed by atoms with E-state index in [1.807, 2.05) is 4.90 Å². The third-order valence-corrected chi connectivity index (χ3v) is 8.31. The Morgan fingerprint density at radius 2 is 1.82 bits per heavy atom. The van der Waals surface area contributed by atoms with Gasteiger partial charge < -0.3 is 15.0 Å². The average Bonchev–Trinajstić information content (AvgIpc) is 3.38. The van der Waals surface area contributed by atoms with Crippen LogP contribution in [-0.2, 0) is 27.2 Å². The van der Waals surface area contributed by atoms with Crippen molar-refractivity contribution in [3.05, 3.63) is 77.5 Å². The van der Waals surface area contributed by atoms with Crippen molar-refractivity contribution in [2.24, 2.45) is 0 Å². The molecule has 1 unspecified atom stereocenters. The van der Waals surface area contributed by atoms with E-state index >= 15 is 0 Å². The second kappa shape index (κ2) is 11.0. The van der Waals surface area contributed by atoms with Crippen molar-refractivity contribution >= 4 is 27.2 Å². The number of sulfone groups is 1. The molecule has 2 aromatic carbocycles. The van der Waals surface area contributed by atoms with Crippen LogP contribution in [0.15, 0.2) is 65.7 Å². The summed E-state index contributed by atoms with van der Waals surface area (Å²) in [5.74, 6) is 0.820. The Kier molecular flexibility index (Phi) is 7.96. The second-order valence-corrected chi connectivity index (χ2v) is 11.4. The van der Waals surface area contributed by atoms with Crippen molar-refractivity contribution in [1.29, 1.82) is 0 Å². The maximum Gasteiger partial charge on any atom is 0.416 e. The number of methoxy groups -OCH3 is 1. The minimum Gasteiger partial charge on any atom is -0.493 e. The molecular weight excluding hydrogens is 519 g/mol. The Balaban J connectivity index is 1.39. The fourth-order valence-corrected chi connectivity index (χ4v) is 5.32. The van der Waals surface area contributed by atoms with Gasteiger partial charge in [-0.05, 0) is 41.8 Å². The molecule has 1 saturated heterocycles. The molecule has 0 saturated carbocycles. The maximum absolute atomic E-state index is 12.9. The molecular formula is C27H28F3N3O4S. The van der Waals surface area contributed by atoms with E-state index in [4.69, 9.17) is 4.74 Å². The molecule has 0 spiro atoms. The number of carbonyl (C=O) groups is 1. The fraction of sp³-hybridized carbons (Fsp3) is 0.333. The molecule has 1 N–H and O–H groups in total. The minimum absolute atomic E-state index is 0.00476. The lowest BCUT2D eigenvalue weighted by Gasteiger charge is -2.21. The maximum atomic E-state index is 12.9. The average molecular weight is 548 g/mol. The first-order valence-electron chi connectivity index (χ1n) is 12.1. The Bertz CT molecular complexity index is 1390. The van der Waals surface area contributed by atoms with Gasteiger partial charge in [0, 0.05) is 25.1 Å². The van der Waals surface area contributed by atoms with Gasteiger partial charge in [0.05, 0.1) is 41.6 Å². The first kappa shape index (κ1) is 27.4. The highest BCUT2D eigenvalue weighted by Gasteiger charge is 2.31. The van der Waals surface area contributed by atoms with Crippen LogP contribution < -0.4 is 15.0 Å². The summed E-state index contributed by atoms with van der Waals surface area (Å²) in [4.78, 5) is 19.3. The summed E-state index contributed by atoms with van der Waals surface area (Å²) >= 11 is 0. The molecule has 1 fully saturated rings. The van der Waals surface area contributed by atoms with E-state index in [2.05, 4.69) is 10.3 Å². The number of ether oxygens (including phenoxy) is 1. The number of pyridine rings is 1. The Labute approximate surface area is 219 Å². The summed E-state index contributed by atoms with van der Waals surface area (Å²) in [6, 6.07) is 13.2. The Morgan fingerprint density at radius 1 is 1.13 bits per heavy atom. The molecule has 1 amide bonds. The van der Waals surface area contributed by atoms with Crippen molar-refractivity contribution in [3.63, 3.8) is 0 Å². The molecule has 38 heavy (non-hydrogen) atoms. The van der Waals surface area contributed by atoms with Gasteiger partial charge in [0.15, 0.2) is 21.4 Å². The number of nitrogens with zero attached hydrogens (tertiary/aromatic N) is 2. The number of hydrogen-bond acceptors (Lipinski definition) is 6. The third kappa shape index (κ3) is 6.27. The van der Waals surface area contributed by atoms with Gasteiger partial charge in [-0.15, -0.1) is 0 Å². The smallest absolute Gasteiger partial charge is 0.416 e. The number of carbonyl (C=O) groups excluding carboxylic acids is 1. The summed E-state index contributed by atoms with van der Waals surface area (Å²) in [5.41, 5.74) is 1.28. The molecule has 0 bridgehead atoms. The zero-order chi connectivity index (χ0) is 27.5. The summed E-state index contributed by atoms with van der Waals surface area (Å²) < 4.78 is 68.0. The van der Waals surface area contributed by atoms with Gasteiger partial charge in [0.1, 0.15) is 0 Å². The largest absolute Gasteiger partial charge is 0.493 e. The van der Waals surface area contributed by atoms with Crippen molar-refractivity contribution in [2.75, 3.05) is 36.2 Å². The number of anilines is 2. The molecule has 3 aromatic rings. The van der Waals surface area contributed by atoms with Crippen LogP contribution in [0.4, 0.5) is 24.7 Å². The fourth-order valence-electron chi connectivity index (χ4n) is 4.43. The molecule has 202 valence electrons. The predicted octanol–water partition coefficient (Wildman–Crippen LogP) is 5.08. The molecule has 1 aliphatic rings. The zero-order valence-corrected chi connectivity index (χ0v) is 21.8. The SMILES string of the molecule is CCS(=O)(=O)c1ccc(CC(=O)Nc2cnc(N3CCC(c4ccc(C(F)(F)F)cc4)C3)c(OC)c2)cc1. The Morgan fingerprint density at radius 3 is 2.42 bits per heavy atom. The van der Waals surface area contributed by atoms with Gasteiger partial charge in [0.2, 0.25) is 5.91 Å². The van der Waals surface area contributed by atoms with E-state index in [-0.39, 0.29) is 28.9 Å². The standard InChI is InChI=1S/C27H28F3N3O4S/c1-3-38(35,36)23-10-4-18(5-11-23)14-25(34)32-22-15-24(37-2)26(31-16-22)33-13-12-20(17-33)19-6-8-21(9-7-19)27(28,29)30/h4-11,15-16,20H,3,12-14,17H2,1-2H3,(H,32,34). The van der Waals surface area contributed by atoms with Gasteiger partial charge in [-0.3, -0.25) is 4.79 Å². The van der Waals surface area contributed by atoms with E-state index in [0.717, 1.165) is 24.1 Å². The third-order valence-electron chi connectivity index (χ3n) is 6.56. The van der Waals surface area contributed by atoms with Crippen LogP contribution in [0, 0.1) is 0 Å². The van der Waals surface area contributed by atoms with Crippen LogP contribution in [0.5, 0.6) is 5.75 Å². The summed E-state index contributed by atoms with van der Waals surface area (Å²) in [6.45, 7) is 2.81. The van der Waals surface area contributed by atoms with E-state index in [0.29, 0.717) is 35.9 Å². The lowest BCUT2D eigenvalue weighted by molar-refractivity contribution is -0.137. The predicted molar refractivity (Wildman–Crippen MR) is 138 cm³/mol. The summed E-state index contributed by atoms with van der Waals surface area (Å²) in [6.07, 6.45) is -2.03. The molecule has 1 aromatic heterocycles. The van der Waals surface area contributed by atoms with Crippen molar-refractivity contribution in [3.8, 4) is 5.75 Å². The number of nitrogens with one attached hydrogen (secondary N) is 1. The number of rotatable bonds is 8. The molecule has 2 heterocycles. The van der Waals surface area contributed by atoms with E-state index in [1.165, 1.54) is 37.6 Å². The molecule has 0 aliphatic carbocycles. The van der Waals surface area contributed by atoms with E-state index in [1.54, 1.807) is 25.1 Å². The molecule has 7 nitrogen and oxygen atoms in total. The van der Waals surface area contributed by atoms with Crippen molar-refractivity contribution in [1.82, 2.24) is 4.98 Å². The second-order valence-electron chi connectivity index (χ2n) is 9.07. The number of amides is 1. The van der Waals surface area contributed by atoms with Crippen LogP contribution in [0.25, 0.3) is 0 Å². The highest BCUT2D eigenvalue weighted by Crippen LogP contribution is 2.36. The van der Waals surface area contributed by atoms with E-state index < -0.39 is 21.6 Å². The molecule has 1 atom stereocenters. The summed E-state index contributed by atoms with van der Waals surface area (Å²) in [5, 5.41) is 2.78. The molecule has 11 heteroatoms. The number of benzene rings is 2. The monoisotopic (exact) mass is 547 g/mol. The van der Waals surface area contributed by atoms with Crippen molar-refractivity contribution < 1.29 is 31.1 Å². The lowest BCUT2D eigenvalue weighted by Crippen LogP contribution is -2.21. The van der Waals surface area contributed by atoms with Gasteiger partial charge in [-0.25, -0.2) is 13.4 Å². The highest BCUT2D eigenvalue weighted by molar-refractivity contribution is 7.91. The van der Waals surface area contributed by atoms with Crippen LogP contribution in [0.3, 0.4) is 0 Å². The zero-order valence-electron chi connectivity index (χ0n) is 21.0. The van der Waals surface area contributed by atoms with Crippen molar-refractivity contribution in [2.45, 2.75) is 36.8 Å². The first-order valence-corrected chi connectivity index (χ1v) is 13.7. The lowest BCUT2D eigenvalue weighted by atomic mass is 9.97. The topological polar surface area (TPSA) is 88.6 Å². The number of alkyl halides is 3. The molecule has 4 rings (SSSR count). The van der Waals surface area contributed by atoms with Crippen LogP contribution in [-0.4, -0.2) is 45.3 Å². The highest BCUT2D eigenvalue weighted by atomic mass is 32.2. The van der Waals surface area contributed by atoms with E-state index in [9.17, 15) is 26.4 Å². The van der Waals surface area contributed by atoms with Gasteiger partial charge in [-0.1, -0.05) is 31.2 Å². The van der Waals surface area contributed by atoms with Crippen LogP contribution in [0.1, 0.15) is 36.0 Å². The van der Waals surface area contributed by atoms with Gasteiger partial charge in [-0.2, -0.15) is 13.2 Å². The Hall–Kier alpha value is -3.60. The van der Waals surface area contributed by atoms with Crippen LogP contribution >= 0.6 is 0 Å². The number of aromatic nitrogens is 1. The molecule has 0 radical (unpaired) electrons. The molecule has 1 aliphatic heterocycles. The minimum atomic E-state index is -4.36. The van der Waals surface area contributed by atoms with Gasteiger partial charge >= 0.3 is 6.18 Å². The number of hydrogen-bond donors (Lipinski definition) is 1. The number of halogens is 3. The first-order chi connectivity index (χ1) is 18.0. The quantitative estimate of drug-likeness (QED) is 0.423.